The summed E-state index contributed by atoms with van der Waals surface area (Å²) in [5, 5.41) is 13.8. The number of anilines is 1. The molecule has 4 heterocycles. The topological polar surface area (TPSA) is 130 Å². The molecule has 168 valence electrons. The monoisotopic (exact) mass is 448 g/mol. The predicted octanol–water partition coefficient (Wildman–Crippen LogP) is 4.12. The molecule has 3 saturated carbocycles. The van der Waals surface area contributed by atoms with Crippen molar-refractivity contribution < 1.29 is 18.7 Å². The highest BCUT2D eigenvalue weighted by Crippen LogP contribution is 2.46. The molecule has 2 atom stereocenters. The lowest BCUT2D eigenvalue weighted by atomic mass is 9.61. The van der Waals surface area contributed by atoms with Gasteiger partial charge in [-0.1, -0.05) is 0 Å². The lowest BCUT2D eigenvalue weighted by Crippen LogP contribution is -2.51. The van der Waals surface area contributed by atoms with Gasteiger partial charge in [0.1, 0.15) is 17.7 Å². The van der Waals surface area contributed by atoms with Gasteiger partial charge in [0, 0.05) is 29.4 Å². The summed E-state index contributed by atoms with van der Waals surface area (Å²) >= 11 is 0. The maximum absolute atomic E-state index is 15.7. The molecule has 0 saturated heterocycles. The molecule has 3 aliphatic rings. The number of hydrogen-bond donors (Lipinski definition) is 3. The molecule has 10 heteroatoms. The Morgan fingerprint density at radius 3 is 2.79 bits per heavy atom. The van der Waals surface area contributed by atoms with E-state index in [1.807, 2.05) is 0 Å². The van der Waals surface area contributed by atoms with Crippen molar-refractivity contribution in [1.29, 1.82) is 0 Å². The molecule has 9 nitrogen and oxygen atoms in total. The standard InChI is InChI=1S/C23H21FN6O3/c24-17-19(15-2-1-7-33-15)29-21(14-9-26-20-13(14)8-25-10-27-20)30-22(17)28-18-12-5-3-11(4-6-12)16(18)23(31)32/h1-2,7-12,16,18H,3-6H2,(H,31,32)(H,25,26,27)(H,28,29,30)/t11?,12?,16-,18-/m1/s1. The van der Waals surface area contributed by atoms with Gasteiger partial charge >= 0.3 is 5.97 Å². The molecule has 0 radical (unpaired) electrons. The van der Waals surface area contributed by atoms with Crippen LogP contribution in [0.15, 0.2) is 41.5 Å². The van der Waals surface area contributed by atoms with Gasteiger partial charge in [-0.25, -0.2) is 24.3 Å². The van der Waals surface area contributed by atoms with E-state index in [4.69, 9.17) is 4.42 Å². The van der Waals surface area contributed by atoms with E-state index in [2.05, 4.69) is 30.2 Å². The highest BCUT2D eigenvalue weighted by molar-refractivity contribution is 5.91. The van der Waals surface area contributed by atoms with Gasteiger partial charge < -0.3 is 19.8 Å². The molecule has 0 aromatic carbocycles. The van der Waals surface area contributed by atoms with Crippen LogP contribution in [-0.2, 0) is 4.79 Å². The minimum absolute atomic E-state index is 0.00606. The summed E-state index contributed by atoms with van der Waals surface area (Å²) in [6.45, 7) is 0. The van der Waals surface area contributed by atoms with Crippen LogP contribution in [0.1, 0.15) is 25.7 Å². The van der Waals surface area contributed by atoms with Crippen molar-refractivity contribution >= 4 is 22.8 Å². The van der Waals surface area contributed by atoms with Crippen molar-refractivity contribution in [3.05, 3.63) is 42.9 Å². The smallest absolute Gasteiger partial charge is 0.308 e. The predicted molar refractivity (Wildman–Crippen MR) is 117 cm³/mol. The number of aromatic nitrogens is 5. The SMILES string of the molecule is O=C(O)[C@@H]1C2CCC(CC2)[C@H]1Nc1nc(-c2c[nH]c3ncncc23)nc(-c2ccco2)c1F. The molecular weight excluding hydrogens is 427 g/mol. The number of rotatable bonds is 5. The zero-order valence-electron chi connectivity index (χ0n) is 17.5. The molecule has 33 heavy (non-hydrogen) atoms. The number of aliphatic carboxylic acids is 1. The summed E-state index contributed by atoms with van der Waals surface area (Å²) in [7, 11) is 0. The molecule has 4 aromatic heterocycles. The number of nitrogens with one attached hydrogen (secondary N) is 2. The first kappa shape index (κ1) is 19.8. The van der Waals surface area contributed by atoms with Crippen molar-refractivity contribution in [3.63, 3.8) is 0 Å². The van der Waals surface area contributed by atoms with E-state index in [-0.39, 0.29) is 34.9 Å². The summed E-state index contributed by atoms with van der Waals surface area (Å²) in [6, 6.07) is 2.88. The highest BCUT2D eigenvalue weighted by atomic mass is 19.1. The number of aromatic amines is 1. The number of furan rings is 1. The Labute approximate surface area is 187 Å². The van der Waals surface area contributed by atoms with Crippen molar-refractivity contribution in [1.82, 2.24) is 24.9 Å². The molecule has 3 N–H and O–H groups in total. The molecule has 2 bridgehead atoms. The first-order chi connectivity index (χ1) is 16.1. The minimum atomic E-state index is -0.850. The van der Waals surface area contributed by atoms with Crippen LogP contribution in [0.4, 0.5) is 10.2 Å². The van der Waals surface area contributed by atoms with Crippen LogP contribution >= 0.6 is 0 Å². The average Bonchev–Trinajstić information content (AvgIpc) is 3.51. The van der Waals surface area contributed by atoms with Gasteiger partial charge in [-0.3, -0.25) is 4.79 Å². The molecule has 3 fully saturated rings. The van der Waals surface area contributed by atoms with Crippen molar-refractivity contribution in [2.45, 2.75) is 31.7 Å². The Morgan fingerprint density at radius 1 is 1.21 bits per heavy atom. The van der Waals surface area contributed by atoms with E-state index in [0.29, 0.717) is 16.6 Å². The van der Waals surface area contributed by atoms with E-state index < -0.39 is 23.7 Å². The molecule has 0 aliphatic heterocycles. The molecule has 0 spiro atoms. The number of halogens is 1. The Balaban J connectivity index is 1.48. The van der Waals surface area contributed by atoms with E-state index in [1.165, 1.54) is 12.6 Å². The molecule has 4 aromatic rings. The maximum atomic E-state index is 15.7. The summed E-state index contributed by atoms with van der Waals surface area (Å²) in [6.07, 6.45) is 9.86. The van der Waals surface area contributed by atoms with Gasteiger partial charge in [-0.05, 0) is 49.7 Å². The fourth-order valence-electron chi connectivity index (χ4n) is 5.46. The summed E-state index contributed by atoms with van der Waals surface area (Å²) in [4.78, 5) is 32.4. The molecule has 0 amide bonds. The number of fused-ring (bicyclic) bond motifs is 4. The van der Waals surface area contributed by atoms with Crippen LogP contribution in [0.2, 0.25) is 0 Å². The lowest BCUT2D eigenvalue weighted by Gasteiger charge is -2.47. The van der Waals surface area contributed by atoms with Gasteiger partial charge in [-0.15, -0.1) is 0 Å². The second kappa shape index (κ2) is 7.65. The van der Waals surface area contributed by atoms with Gasteiger partial charge in [0.05, 0.1) is 12.2 Å². The third-order valence-corrected chi connectivity index (χ3v) is 7.01. The highest BCUT2D eigenvalue weighted by Gasteiger charge is 2.47. The average molecular weight is 448 g/mol. The molecule has 0 unspecified atom stereocenters. The van der Waals surface area contributed by atoms with Crippen molar-refractivity contribution in [2.24, 2.45) is 17.8 Å². The van der Waals surface area contributed by atoms with Crippen LogP contribution in [0.5, 0.6) is 0 Å². The van der Waals surface area contributed by atoms with Crippen LogP contribution in [0.3, 0.4) is 0 Å². The first-order valence-electron chi connectivity index (χ1n) is 11.0. The Hall–Kier alpha value is -3.82. The number of carboxylic acid groups (broad SMARTS) is 1. The zero-order chi connectivity index (χ0) is 22.5. The third-order valence-electron chi connectivity index (χ3n) is 7.01. The number of hydrogen-bond acceptors (Lipinski definition) is 7. The second-order valence-corrected chi connectivity index (χ2v) is 8.73. The van der Waals surface area contributed by atoms with Gasteiger partial charge in [0.15, 0.2) is 23.2 Å². The number of carboxylic acids is 1. The third kappa shape index (κ3) is 3.24. The fraction of sp³-hybridized carbons (Fsp3) is 0.348. The Kier molecular flexibility index (Phi) is 4.60. The molecular formula is C23H21FN6O3. The first-order valence-corrected chi connectivity index (χ1v) is 11.0. The van der Waals surface area contributed by atoms with Gasteiger partial charge in [0.2, 0.25) is 0 Å². The normalized spacial score (nSPS) is 24.3. The van der Waals surface area contributed by atoms with Crippen molar-refractivity contribution in [2.75, 3.05) is 5.32 Å². The minimum Gasteiger partial charge on any atom is -0.481 e. The van der Waals surface area contributed by atoms with Gasteiger partial charge in [0.25, 0.3) is 0 Å². The number of nitrogens with zero attached hydrogens (tertiary/aromatic N) is 4. The summed E-state index contributed by atoms with van der Waals surface area (Å²) < 4.78 is 21.1. The molecule has 7 rings (SSSR count). The largest absolute Gasteiger partial charge is 0.481 e. The lowest BCUT2D eigenvalue weighted by molar-refractivity contribution is -0.148. The summed E-state index contributed by atoms with van der Waals surface area (Å²) in [5.74, 6) is -1.36. The van der Waals surface area contributed by atoms with Gasteiger partial charge in [-0.2, -0.15) is 0 Å². The number of carbonyl (C=O) groups is 1. The van der Waals surface area contributed by atoms with Crippen LogP contribution < -0.4 is 5.32 Å². The molecule has 3 aliphatic carbocycles. The van der Waals surface area contributed by atoms with Crippen LogP contribution in [0, 0.1) is 23.6 Å². The number of H-pyrrole nitrogens is 1. The van der Waals surface area contributed by atoms with Crippen LogP contribution in [-0.4, -0.2) is 42.0 Å². The maximum Gasteiger partial charge on any atom is 0.308 e. The zero-order valence-corrected chi connectivity index (χ0v) is 17.5. The Bertz CT molecular complexity index is 1330. The Morgan fingerprint density at radius 2 is 2.03 bits per heavy atom. The van der Waals surface area contributed by atoms with E-state index in [0.717, 1.165) is 25.7 Å². The van der Waals surface area contributed by atoms with E-state index in [9.17, 15) is 9.90 Å². The van der Waals surface area contributed by atoms with Crippen LogP contribution in [0.25, 0.3) is 33.9 Å². The quantitative estimate of drug-likeness (QED) is 0.416. The second-order valence-electron chi connectivity index (χ2n) is 8.73. The fourth-order valence-corrected chi connectivity index (χ4v) is 5.46. The summed E-state index contributed by atoms with van der Waals surface area (Å²) in [5.41, 5.74) is 1.23. The van der Waals surface area contributed by atoms with E-state index >= 15 is 4.39 Å². The van der Waals surface area contributed by atoms with E-state index in [1.54, 1.807) is 24.5 Å². The van der Waals surface area contributed by atoms with Crippen molar-refractivity contribution in [3.8, 4) is 22.8 Å².